The third-order valence-corrected chi connectivity index (χ3v) is 8.63. The van der Waals surface area contributed by atoms with Crippen LogP contribution in [0.5, 0.6) is 0 Å². The number of carbonyl (C=O) groups excluding carboxylic acids is 1. The van der Waals surface area contributed by atoms with Crippen LogP contribution in [-0.4, -0.2) is 48.0 Å². The predicted octanol–water partition coefficient (Wildman–Crippen LogP) is 4.87. The molecule has 4 N–H and O–H groups in total. The Morgan fingerprint density at radius 3 is 2.51 bits per heavy atom. The van der Waals surface area contributed by atoms with E-state index in [0.29, 0.717) is 46.8 Å². The van der Waals surface area contributed by atoms with Crippen molar-refractivity contribution in [3.8, 4) is 0 Å². The summed E-state index contributed by atoms with van der Waals surface area (Å²) in [5, 5.41) is 11.7. The number of likely N-dealkylation sites (tertiary alicyclic amines) is 1. The molecule has 1 aliphatic heterocycles. The van der Waals surface area contributed by atoms with E-state index in [4.69, 9.17) is 17.3 Å². The second kappa shape index (κ2) is 10.4. The van der Waals surface area contributed by atoms with Crippen molar-refractivity contribution < 1.29 is 22.7 Å². The van der Waals surface area contributed by atoms with Gasteiger partial charge in [-0.1, -0.05) is 35.1 Å². The van der Waals surface area contributed by atoms with Gasteiger partial charge in [0.15, 0.2) is 5.13 Å². The molecule has 0 bridgehead atoms. The molecule has 0 unspecified atom stereocenters. The van der Waals surface area contributed by atoms with Gasteiger partial charge in [0.1, 0.15) is 16.2 Å². The fourth-order valence-electron chi connectivity index (χ4n) is 4.37. The first kappa shape index (κ1) is 27.1. The molecule has 1 saturated heterocycles. The van der Waals surface area contributed by atoms with Crippen LogP contribution in [0.4, 0.5) is 15.2 Å². The van der Waals surface area contributed by atoms with Gasteiger partial charge in [0, 0.05) is 29.4 Å². The number of benzene rings is 2. The number of fused-ring (bicyclic) bond motifs is 1. The summed E-state index contributed by atoms with van der Waals surface area (Å²) in [6.07, 6.45) is 4.28. The normalized spacial score (nSPS) is 16.7. The van der Waals surface area contributed by atoms with Crippen molar-refractivity contribution in [3.05, 3.63) is 70.5 Å². The molecule has 0 aliphatic carbocycles. The third kappa shape index (κ3) is 5.64. The maximum atomic E-state index is 14.0. The van der Waals surface area contributed by atoms with Crippen LogP contribution < -0.4 is 10.5 Å². The van der Waals surface area contributed by atoms with E-state index in [1.807, 2.05) is 13.0 Å². The van der Waals surface area contributed by atoms with Crippen molar-refractivity contribution in [2.45, 2.75) is 37.2 Å². The number of sulfonamides is 1. The number of halogens is 2. The summed E-state index contributed by atoms with van der Waals surface area (Å²) >= 11 is 7.18. The number of allylic oxidation sites excluding steroid dienone is 2. The van der Waals surface area contributed by atoms with E-state index >= 15 is 0 Å². The number of nitrogens with one attached hydrogen (secondary N) is 1. The molecule has 1 aliphatic rings. The summed E-state index contributed by atoms with van der Waals surface area (Å²) in [5.41, 5.74) is 5.87. The topological polar surface area (TPSA) is 126 Å². The van der Waals surface area contributed by atoms with Gasteiger partial charge in [-0.25, -0.2) is 17.8 Å². The Morgan fingerprint density at radius 1 is 1.27 bits per heavy atom. The zero-order valence-electron chi connectivity index (χ0n) is 20.2. The van der Waals surface area contributed by atoms with E-state index in [0.717, 1.165) is 17.4 Å². The van der Waals surface area contributed by atoms with E-state index in [1.165, 1.54) is 30.3 Å². The summed E-state index contributed by atoms with van der Waals surface area (Å²) in [5.74, 6) is -0.958. The molecular weight excluding hydrogens is 539 g/mol. The summed E-state index contributed by atoms with van der Waals surface area (Å²) in [6, 6.07) is 8.01. The van der Waals surface area contributed by atoms with Gasteiger partial charge >= 0.3 is 0 Å². The number of carbonyl (C=O) groups is 1. The first-order valence-corrected chi connectivity index (χ1v) is 14.1. The number of nitrogens with two attached hydrogens (primary N) is 1. The van der Waals surface area contributed by atoms with Crippen molar-refractivity contribution in [2.24, 2.45) is 0 Å². The summed E-state index contributed by atoms with van der Waals surface area (Å²) in [7, 11) is -4.18. The minimum Gasteiger partial charge on any atom is -0.385 e. The number of thiazole rings is 1. The number of amides is 1. The first-order valence-electron chi connectivity index (χ1n) is 11.4. The van der Waals surface area contributed by atoms with Crippen LogP contribution in [0.3, 0.4) is 0 Å². The van der Waals surface area contributed by atoms with Crippen LogP contribution in [0.15, 0.2) is 64.1 Å². The lowest BCUT2D eigenvalue weighted by molar-refractivity contribution is 0.0128. The molecule has 8 nitrogen and oxygen atoms in total. The van der Waals surface area contributed by atoms with Crippen LogP contribution in [-0.2, 0) is 10.0 Å². The molecule has 2 aromatic carbocycles. The molecule has 3 aromatic rings. The van der Waals surface area contributed by atoms with Crippen molar-refractivity contribution in [2.75, 3.05) is 23.5 Å². The fourth-order valence-corrected chi connectivity index (χ4v) is 6.69. The number of aliphatic hydroxyl groups is 1. The van der Waals surface area contributed by atoms with Gasteiger partial charge in [-0.05, 0) is 68.7 Å². The maximum absolute atomic E-state index is 14.0. The lowest BCUT2D eigenvalue weighted by Crippen LogP contribution is -2.47. The van der Waals surface area contributed by atoms with Gasteiger partial charge in [-0.2, -0.15) is 0 Å². The Hall–Kier alpha value is -2.99. The summed E-state index contributed by atoms with van der Waals surface area (Å²) < 4.78 is 42.7. The molecule has 12 heteroatoms. The van der Waals surface area contributed by atoms with E-state index < -0.39 is 21.4 Å². The Labute approximate surface area is 223 Å². The Morgan fingerprint density at radius 2 is 1.92 bits per heavy atom. The number of rotatable bonds is 6. The Bertz CT molecular complexity index is 1510. The number of nitrogens with zero attached hydrogens (tertiary/aromatic N) is 2. The highest BCUT2D eigenvalue weighted by atomic mass is 35.5. The SMILES string of the molecule is CC=CC(=C(C)Cl)C1(O)CCN(C(=O)c2ccc(NS(=O)(=O)c3cc(F)cc4sc(N)nc34)cc2)CC1. The van der Waals surface area contributed by atoms with Crippen molar-refractivity contribution >= 4 is 59.9 Å². The standard InChI is InChI=1S/C25H26ClFN4O4S2/c1-3-4-19(15(2)26)25(33)9-11-31(12-10-25)23(32)16-5-7-18(8-6-16)30-37(34,35)21-14-17(27)13-20-22(21)29-24(28)36-20/h3-8,13-14,30,33H,9-12H2,1-2H3,(H2,28,29). The maximum Gasteiger partial charge on any atom is 0.264 e. The van der Waals surface area contributed by atoms with Crippen LogP contribution >= 0.6 is 22.9 Å². The van der Waals surface area contributed by atoms with E-state index in [9.17, 15) is 22.7 Å². The quantitative estimate of drug-likeness (QED) is 0.367. The zero-order chi connectivity index (χ0) is 27.0. The smallest absolute Gasteiger partial charge is 0.264 e. The highest BCUT2D eigenvalue weighted by Gasteiger charge is 2.37. The van der Waals surface area contributed by atoms with Crippen LogP contribution in [0.25, 0.3) is 10.2 Å². The molecule has 0 radical (unpaired) electrons. The Kier molecular flexibility index (Phi) is 7.61. The average molecular weight is 565 g/mol. The molecule has 0 atom stereocenters. The molecule has 1 fully saturated rings. The third-order valence-electron chi connectivity index (χ3n) is 6.20. The molecule has 4 rings (SSSR count). The van der Waals surface area contributed by atoms with Gasteiger partial charge in [-0.3, -0.25) is 9.52 Å². The van der Waals surface area contributed by atoms with Gasteiger partial charge in [0.25, 0.3) is 15.9 Å². The minimum atomic E-state index is -4.18. The number of nitrogen functional groups attached to an aromatic ring is 1. The average Bonchev–Trinajstić information content (AvgIpc) is 3.21. The summed E-state index contributed by atoms with van der Waals surface area (Å²) in [6.45, 7) is 4.24. The van der Waals surface area contributed by atoms with Crippen LogP contribution in [0.1, 0.15) is 37.0 Å². The summed E-state index contributed by atoms with van der Waals surface area (Å²) in [4.78, 5) is 18.4. The molecular formula is C25H26ClFN4O4S2. The second-order valence-corrected chi connectivity index (χ2v) is 12.0. The molecule has 1 aromatic heterocycles. The van der Waals surface area contributed by atoms with Gasteiger partial charge in [-0.15, -0.1) is 0 Å². The zero-order valence-corrected chi connectivity index (χ0v) is 22.6. The lowest BCUT2D eigenvalue weighted by atomic mass is 9.83. The molecule has 0 saturated carbocycles. The molecule has 196 valence electrons. The Balaban J connectivity index is 1.47. The number of hydrogen-bond donors (Lipinski definition) is 3. The monoisotopic (exact) mass is 564 g/mol. The van der Waals surface area contributed by atoms with Gasteiger partial charge < -0.3 is 15.7 Å². The highest BCUT2D eigenvalue weighted by molar-refractivity contribution is 7.93. The van der Waals surface area contributed by atoms with E-state index in [1.54, 1.807) is 17.9 Å². The number of aromatic nitrogens is 1. The predicted molar refractivity (Wildman–Crippen MR) is 145 cm³/mol. The number of anilines is 2. The minimum absolute atomic E-state index is 0.0880. The first-order chi connectivity index (χ1) is 17.4. The largest absolute Gasteiger partial charge is 0.385 e. The van der Waals surface area contributed by atoms with Crippen LogP contribution in [0, 0.1) is 5.82 Å². The molecule has 2 heterocycles. The highest BCUT2D eigenvalue weighted by Crippen LogP contribution is 2.34. The second-order valence-electron chi connectivity index (χ2n) is 8.76. The fraction of sp³-hybridized carbons (Fsp3) is 0.280. The molecule has 0 spiro atoms. The van der Waals surface area contributed by atoms with E-state index in [2.05, 4.69) is 9.71 Å². The van der Waals surface area contributed by atoms with Crippen molar-refractivity contribution in [1.82, 2.24) is 9.88 Å². The van der Waals surface area contributed by atoms with Crippen molar-refractivity contribution in [3.63, 3.8) is 0 Å². The van der Waals surface area contributed by atoms with Crippen molar-refractivity contribution in [1.29, 1.82) is 0 Å². The number of piperidine rings is 1. The van der Waals surface area contributed by atoms with Gasteiger partial charge in [0.2, 0.25) is 0 Å². The molecule has 1 amide bonds. The van der Waals surface area contributed by atoms with Gasteiger partial charge in [0.05, 0.1) is 10.3 Å². The van der Waals surface area contributed by atoms with E-state index in [-0.39, 0.29) is 27.1 Å². The van der Waals surface area contributed by atoms with Crippen LogP contribution in [0.2, 0.25) is 0 Å². The lowest BCUT2D eigenvalue weighted by Gasteiger charge is -2.39. The molecule has 37 heavy (non-hydrogen) atoms. The number of hydrogen-bond acceptors (Lipinski definition) is 7.